The second-order valence-electron chi connectivity index (χ2n) is 5.63. The maximum absolute atomic E-state index is 11.8. The molecule has 9 nitrogen and oxygen atoms in total. The Morgan fingerprint density at radius 3 is 2.21 bits per heavy atom. The average molecular weight is 401 g/mol. The van der Waals surface area contributed by atoms with Crippen LogP contribution in [0.2, 0.25) is 0 Å². The highest BCUT2D eigenvalue weighted by molar-refractivity contribution is 5.87. The fraction of sp³-hybridized carbons (Fsp3) is 0.250. The van der Waals surface area contributed by atoms with E-state index in [9.17, 15) is 9.59 Å². The van der Waals surface area contributed by atoms with Crippen molar-refractivity contribution >= 4 is 18.0 Å². The van der Waals surface area contributed by atoms with Crippen LogP contribution >= 0.6 is 0 Å². The molecule has 0 atom stereocenters. The van der Waals surface area contributed by atoms with Crippen LogP contribution in [-0.4, -0.2) is 52.5 Å². The highest BCUT2D eigenvalue weighted by Crippen LogP contribution is 2.37. The lowest BCUT2D eigenvalue weighted by atomic mass is 10.2. The lowest BCUT2D eigenvalue weighted by Gasteiger charge is -2.12. The van der Waals surface area contributed by atoms with Crippen LogP contribution < -0.4 is 29.7 Å². The highest BCUT2D eigenvalue weighted by Gasteiger charge is 2.12. The number of methoxy groups -OCH3 is 3. The summed E-state index contributed by atoms with van der Waals surface area (Å²) in [5.41, 5.74) is 2.95. The summed E-state index contributed by atoms with van der Waals surface area (Å²) in [5.74, 6) is 1.05. The van der Waals surface area contributed by atoms with E-state index in [0.717, 1.165) is 0 Å². The van der Waals surface area contributed by atoms with Gasteiger partial charge in [0.1, 0.15) is 5.75 Å². The molecule has 0 aromatic heterocycles. The average Bonchev–Trinajstić information content (AvgIpc) is 2.76. The number of benzene rings is 2. The van der Waals surface area contributed by atoms with E-state index < -0.39 is 11.8 Å². The van der Waals surface area contributed by atoms with Crippen LogP contribution in [0, 0.1) is 0 Å². The highest BCUT2D eigenvalue weighted by atomic mass is 16.5. The first kappa shape index (κ1) is 21.5. The molecule has 2 N–H and O–H groups in total. The van der Waals surface area contributed by atoms with Gasteiger partial charge in [-0.3, -0.25) is 9.59 Å². The van der Waals surface area contributed by atoms with Gasteiger partial charge < -0.3 is 24.3 Å². The summed E-state index contributed by atoms with van der Waals surface area (Å²) in [7, 11) is 4.52. The summed E-state index contributed by atoms with van der Waals surface area (Å²) >= 11 is 0. The number of hydrogen-bond donors (Lipinski definition) is 2. The van der Waals surface area contributed by atoms with E-state index in [4.69, 9.17) is 18.9 Å². The Morgan fingerprint density at radius 2 is 1.62 bits per heavy atom. The van der Waals surface area contributed by atoms with Crippen LogP contribution in [-0.2, 0) is 9.59 Å². The summed E-state index contributed by atoms with van der Waals surface area (Å²) in [6.45, 7) is -0.421. The van der Waals surface area contributed by atoms with Crippen LogP contribution in [0.15, 0.2) is 47.6 Å². The lowest BCUT2D eigenvalue weighted by molar-refractivity contribution is -0.127. The first-order valence-electron chi connectivity index (χ1n) is 8.63. The molecule has 2 rings (SSSR count). The fourth-order valence-electron chi connectivity index (χ4n) is 2.29. The van der Waals surface area contributed by atoms with E-state index in [1.54, 1.807) is 36.4 Å². The van der Waals surface area contributed by atoms with E-state index in [1.807, 2.05) is 6.07 Å². The molecule has 0 unspecified atom stereocenters. The molecule has 0 aliphatic rings. The van der Waals surface area contributed by atoms with E-state index in [1.165, 1.54) is 27.5 Å². The third-order valence-corrected chi connectivity index (χ3v) is 3.65. The monoisotopic (exact) mass is 401 g/mol. The summed E-state index contributed by atoms with van der Waals surface area (Å²) in [4.78, 5) is 23.5. The normalized spacial score (nSPS) is 10.3. The minimum atomic E-state index is -0.484. The van der Waals surface area contributed by atoms with Gasteiger partial charge in [-0.2, -0.15) is 5.10 Å². The SMILES string of the molecule is COc1cc(/C=N/NC(=O)CNC(=O)COc2ccccc2)cc(OC)c1OC. The predicted molar refractivity (Wildman–Crippen MR) is 107 cm³/mol. The number of hydrazone groups is 1. The summed E-state index contributed by atoms with van der Waals surface area (Å²) in [5, 5.41) is 6.31. The molecule has 0 aliphatic heterocycles. The molecule has 0 spiro atoms. The summed E-state index contributed by atoms with van der Waals surface area (Å²) in [6.07, 6.45) is 1.42. The maximum Gasteiger partial charge on any atom is 0.259 e. The molecule has 0 saturated carbocycles. The van der Waals surface area contributed by atoms with Gasteiger partial charge >= 0.3 is 0 Å². The van der Waals surface area contributed by atoms with Crippen molar-refractivity contribution in [1.82, 2.24) is 10.7 Å². The first-order valence-corrected chi connectivity index (χ1v) is 8.63. The third kappa shape index (κ3) is 6.73. The maximum atomic E-state index is 11.8. The Bertz CT molecular complexity index is 830. The Kier molecular flexibility index (Phi) is 8.30. The van der Waals surface area contributed by atoms with Crippen molar-refractivity contribution in [3.05, 3.63) is 48.0 Å². The molecule has 0 radical (unpaired) electrons. The number of nitrogens with one attached hydrogen (secondary N) is 2. The van der Waals surface area contributed by atoms with Crippen molar-refractivity contribution in [1.29, 1.82) is 0 Å². The number of hydrogen-bond acceptors (Lipinski definition) is 7. The molecule has 0 heterocycles. The standard InChI is InChI=1S/C20H23N3O6/c1-26-16-9-14(10-17(27-2)20(16)28-3)11-22-23-18(24)12-21-19(25)13-29-15-7-5-4-6-8-15/h4-11H,12-13H2,1-3H3,(H,21,25)(H,23,24)/b22-11+. The van der Waals surface area contributed by atoms with Crippen molar-refractivity contribution in [3.8, 4) is 23.0 Å². The van der Waals surface area contributed by atoms with Gasteiger partial charge in [0, 0.05) is 5.56 Å². The molecule has 2 amide bonds. The van der Waals surface area contributed by atoms with Crippen molar-refractivity contribution in [2.45, 2.75) is 0 Å². The Balaban J connectivity index is 1.81. The van der Waals surface area contributed by atoms with Crippen molar-refractivity contribution in [2.75, 3.05) is 34.5 Å². The second kappa shape index (κ2) is 11.2. The number of rotatable bonds is 10. The van der Waals surface area contributed by atoms with Crippen molar-refractivity contribution in [3.63, 3.8) is 0 Å². The van der Waals surface area contributed by atoms with Crippen LogP contribution in [0.4, 0.5) is 0 Å². The molecule has 9 heteroatoms. The van der Waals surface area contributed by atoms with Crippen molar-refractivity contribution < 1.29 is 28.5 Å². The van der Waals surface area contributed by atoms with Crippen LogP contribution in [0.5, 0.6) is 23.0 Å². The number of amides is 2. The number of nitrogens with zero attached hydrogens (tertiary/aromatic N) is 1. The van der Waals surface area contributed by atoms with Gasteiger partial charge in [0.2, 0.25) is 5.75 Å². The van der Waals surface area contributed by atoms with E-state index in [-0.39, 0.29) is 13.2 Å². The van der Waals surface area contributed by atoms with Gasteiger partial charge in [-0.05, 0) is 24.3 Å². The van der Waals surface area contributed by atoms with Gasteiger partial charge in [-0.1, -0.05) is 18.2 Å². The zero-order chi connectivity index (χ0) is 21.1. The van der Waals surface area contributed by atoms with Gasteiger partial charge in [0.25, 0.3) is 11.8 Å². The van der Waals surface area contributed by atoms with E-state index in [2.05, 4.69) is 15.8 Å². The summed E-state index contributed by atoms with van der Waals surface area (Å²) in [6, 6.07) is 12.3. The molecule has 0 saturated heterocycles. The lowest BCUT2D eigenvalue weighted by Crippen LogP contribution is -2.37. The van der Waals surface area contributed by atoms with Gasteiger partial charge in [-0.15, -0.1) is 0 Å². The molecular formula is C20H23N3O6. The fourth-order valence-corrected chi connectivity index (χ4v) is 2.29. The minimum absolute atomic E-state index is 0.188. The Morgan fingerprint density at radius 1 is 0.966 bits per heavy atom. The molecule has 0 bridgehead atoms. The van der Waals surface area contributed by atoms with Crippen LogP contribution in [0.1, 0.15) is 5.56 Å². The van der Waals surface area contributed by atoms with E-state index >= 15 is 0 Å². The van der Waals surface area contributed by atoms with Crippen molar-refractivity contribution in [2.24, 2.45) is 5.10 Å². The quantitative estimate of drug-likeness (QED) is 0.460. The molecule has 154 valence electrons. The zero-order valence-corrected chi connectivity index (χ0v) is 16.4. The Labute approximate surface area is 168 Å². The van der Waals surface area contributed by atoms with Gasteiger partial charge in [0.05, 0.1) is 34.1 Å². The zero-order valence-electron chi connectivity index (χ0n) is 16.4. The van der Waals surface area contributed by atoms with E-state index in [0.29, 0.717) is 28.6 Å². The molecule has 2 aromatic rings. The second-order valence-corrected chi connectivity index (χ2v) is 5.63. The number of para-hydroxylation sites is 1. The minimum Gasteiger partial charge on any atom is -0.493 e. The van der Waals surface area contributed by atoms with Crippen LogP contribution in [0.25, 0.3) is 0 Å². The molecule has 0 aliphatic carbocycles. The van der Waals surface area contributed by atoms with Gasteiger partial charge in [-0.25, -0.2) is 5.43 Å². The first-order chi connectivity index (χ1) is 14.1. The largest absolute Gasteiger partial charge is 0.493 e. The van der Waals surface area contributed by atoms with Gasteiger partial charge in [0.15, 0.2) is 18.1 Å². The number of carbonyl (C=O) groups is 2. The number of ether oxygens (including phenoxy) is 4. The Hall–Kier alpha value is -3.75. The molecule has 2 aromatic carbocycles. The topological polar surface area (TPSA) is 107 Å². The predicted octanol–water partition coefficient (Wildman–Crippen LogP) is 1.36. The molecule has 29 heavy (non-hydrogen) atoms. The molecular weight excluding hydrogens is 378 g/mol. The smallest absolute Gasteiger partial charge is 0.259 e. The third-order valence-electron chi connectivity index (χ3n) is 3.65. The molecule has 0 fully saturated rings. The number of carbonyl (C=O) groups excluding carboxylic acids is 2. The van der Waals surface area contributed by atoms with Crippen LogP contribution in [0.3, 0.4) is 0 Å². The summed E-state index contributed by atoms with van der Waals surface area (Å²) < 4.78 is 21.0.